The van der Waals surface area contributed by atoms with Gasteiger partial charge >= 0.3 is 10.1 Å². The van der Waals surface area contributed by atoms with Crippen molar-refractivity contribution in [1.29, 1.82) is 0 Å². The Hall–Kier alpha value is -5.10. The average molecular weight is 983 g/mol. The maximum absolute atomic E-state index is 14.9. The van der Waals surface area contributed by atoms with Gasteiger partial charge in [-0.15, -0.1) is 0 Å². The molecule has 0 aliphatic heterocycles. The number of ketones is 1. The topological polar surface area (TPSA) is 158 Å². The van der Waals surface area contributed by atoms with Crippen LogP contribution in [0.2, 0.25) is 0 Å². The van der Waals surface area contributed by atoms with Crippen molar-refractivity contribution in [3.63, 3.8) is 0 Å². The van der Waals surface area contributed by atoms with Gasteiger partial charge in [-0.25, -0.2) is 0 Å². The first-order valence-corrected chi connectivity index (χ1v) is 26.9. The van der Waals surface area contributed by atoms with Crippen LogP contribution >= 0.6 is 0 Å². The molecule has 4 aromatic carbocycles. The van der Waals surface area contributed by atoms with E-state index in [4.69, 9.17) is 23.1 Å². The van der Waals surface area contributed by atoms with Crippen LogP contribution < -0.4 is 23.1 Å². The minimum absolute atomic E-state index is 0.0142. The number of ether oxygens (including phenoxy) is 4. The number of benzene rings is 4. The summed E-state index contributed by atoms with van der Waals surface area (Å²) in [5.41, 5.74) is 3.80. The van der Waals surface area contributed by atoms with Crippen molar-refractivity contribution < 1.29 is 51.7 Å². The van der Waals surface area contributed by atoms with Crippen LogP contribution in [0.25, 0.3) is 0 Å². The second-order valence-electron chi connectivity index (χ2n) is 22.8. The molecule has 0 spiro atoms. The Bertz CT molecular complexity index is 2700. The number of methoxy groups -OCH3 is 4. The third kappa shape index (κ3) is 9.79. The molecular formula is C58H78O11S. The Balaban J connectivity index is 1.63. The van der Waals surface area contributed by atoms with Crippen LogP contribution in [0.4, 0.5) is 0 Å². The van der Waals surface area contributed by atoms with E-state index in [9.17, 15) is 28.5 Å². The Kier molecular flexibility index (Phi) is 15.2. The van der Waals surface area contributed by atoms with Crippen LogP contribution in [-0.2, 0) is 14.9 Å². The molecule has 0 heterocycles. The van der Waals surface area contributed by atoms with E-state index in [2.05, 4.69) is 55.4 Å². The number of phenols is 3. The summed E-state index contributed by atoms with van der Waals surface area (Å²) < 4.78 is 60.8. The molecule has 2 fully saturated rings. The summed E-state index contributed by atoms with van der Waals surface area (Å²) in [5, 5.41) is 36.6. The predicted octanol–water partition coefficient (Wildman–Crippen LogP) is 13.0. The molecule has 4 aromatic rings. The van der Waals surface area contributed by atoms with Crippen LogP contribution in [0.15, 0.2) is 48.5 Å². The van der Waals surface area contributed by atoms with E-state index in [0.717, 1.165) is 17.5 Å². The highest BCUT2D eigenvalue weighted by Crippen LogP contribution is 2.64. The summed E-state index contributed by atoms with van der Waals surface area (Å²) in [6.07, 6.45) is 3.88. The fraction of sp³-hybridized carbons (Fsp3) is 0.569. The van der Waals surface area contributed by atoms with Gasteiger partial charge in [0.25, 0.3) is 0 Å². The Labute approximate surface area is 417 Å². The molecule has 2 saturated carbocycles. The van der Waals surface area contributed by atoms with E-state index < -0.39 is 50.4 Å². The number of carbonyl (C=O) groups is 1. The predicted molar refractivity (Wildman–Crippen MR) is 275 cm³/mol. The molecule has 11 nitrogen and oxygen atoms in total. The first-order valence-electron chi connectivity index (χ1n) is 25.3. The minimum atomic E-state index is -4.43. The highest BCUT2D eigenvalue weighted by atomic mass is 32.2. The molecule has 12 heteroatoms. The first-order chi connectivity index (χ1) is 32.9. The number of hydrogen-bond donors (Lipinski definition) is 3. The van der Waals surface area contributed by atoms with E-state index in [-0.39, 0.29) is 58.4 Å². The second-order valence-corrected chi connectivity index (χ2v) is 24.3. The number of phenolic OH excluding ortho intramolecular Hbond substituents is 3. The van der Waals surface area contributed by atoms with Crippen molar-refractivity contribution in [2.24, 2.45) is 40.4 Å². The number of fused-ring (bicyclic) bond motifs is 10. The summed E-state index contributed by atoms with van der Waals surface area (Å²) in [4.78, 5) is 13.8. The van der Waals surface area contributed by atoms with Crippen molar-refractivity contribution in [1.82, 2.24) is 0 Å². The van der Waals surface area contributed by atoms with Crippen molar-refractivity contribution in [2.75, 3.05) is 34.2 Å². The molecule has 382 valence electrons. The molecule has 70 heavy (non-hydrogen) atoms. The summed E-state index contributed by atoms with van der Waals surface area (Å²) >= 11 is 0. The van der Waals surface area contributed by atoms with Crippen LogP contribution in [0.1, 0.15) is 182 Å². The Morgan fingerprint density at radius 2 is 0.829 bits per heavy atom. The number of carbonyl (C=O) groups excluding carboxylic acids is 1. The van der Waals surface area contributed by atoms with Crippen molar-refractivity contribution in [3.8, 4) is 46.0 Å². The summed E-state index contributed by atoms with van der Waals surface area (Å²) in [6, 6.07) is 14.6. The molecule has 0 saturated heterocycles. The van der Waals surface area contributed by atoms with Crippen molar-refractivity contribution in [2.45, 2.75) is 138 Å². The van der Waals surface area contributed by atoms with Gasteiger partial charge < -0.3 is 38.5 Å². The molecule has 0 aromatic heterocycles. The molecule has 7 rings (SSSR count). The van der Waals surface area contributed by atoms with E-state index >= 15 is 0 Å². The lowest BCUT2D eigenvalue weighted by molar-refractivity contribution is -0.128. The molecule has 10 bridgehead atoms. The van der Waals surface area contributed by atoms with Gasteiger partial charge in [-0.05, 0) is 97.8 Å². The molecule has 3 N–H and O–H groups in total. The molecule has 6 atom stereocenters. The zero-order chi connectivity index (χ0) is 51.4. The third-order valence-electron chi connectivity index (χ3n) is 16.1. The SMILES string of the molecule is COc1cc(O)c2cc1[C@@H](CC(C)C)c1cc(c(OC)cc1OS(=O)(=O)C[C@]13CC[C@H](CC1=O)C3(C)C)[C@H](CC(C)C)c1cc(c(OC)cc1O)[C@H](CC(C)C)c1cc(c(OC)cc1O)[C@H]2CC(C)C. The zero-order valence-corrected chi connectivity index (χ0v) is 44.8. The van der Waals surface area contributed by atoms with E-state index in [1.807, 2.05) is 38.1 Å². The highest BCUT2D eigenvalue weighted by Gasteiger charge is 2.65. The lowest BCUT2D eigenvalue weighted by Gasteiger charge is -2.36. The van der Waals surface area contributed by atoms with Gasteiger partial charge in [0.05, 0.1) is 39.6 Å². The van der Waals surface area contributed by atoms with Gasteiger partial charge in [-0.3, -0.25) is 4.79 Å². The first kappa shape index (κ1) is 52.7. The normalized spacial score (nSPS) is 22.8. The lowest BCUT2D eigenvalue weighted by atomic mass is 9.70. The Morgan fingerprint density at radius 1 is 0.514 bits per heavy atom. The second kappa shape index (κ2) is 20.2. The van der Waals surface area contributed by atoms with E-state index in [0.29, 0.717) is 94.9 Å². The summed E-state index contributed by atoms with van der Waals surface area (Å²) in [7, 11) is 1.83. The van der Waals surface area contributed by atoms with Gasteiger partial charge in [0.2, 0.25) is 0 Å². The van der Waals surface area contributed by atoms with Gasteiger partial charge in [0.1, 0.15) is 51.8 Å². The molecule has 0 unspecified atom stereocenters. The van der Waals surface area contributed by atoms with Gasteiger partial charge in [0, 0.05) is 98.9 Å². The van der Waals surface area contributed by atoms with Crippen LogP contribution in [-0.4, -0.2) is 63.7 Å². The smallest absolute Gasteiger partial charge is 0.310 e. The fourth-order valence-corrected chi connectivity index (χ4v) is 14.3. The fourth-order valence-electron chi connectivity index (χ4n) is 12.5. The molecule has 0 radical (unpaired) electrons. The summed E-state index contributed by atoms with van der Waals surface area (Å²) in [5.74, 6) is -0.0351. The quantitative estimate of drug-likeness (QED) is 0.0918. The van der Waals surface area contributed by atoms with E-state index in [1.54, 1.807) is 52.7 Å². The molecule has 3 aliphatic carbocycles. The van der Waals surface area contributed by atoms with Gasteiger partial charge in [0.15, 0.2) is 0 Å². The van der Waals surface area contributed by atoms with Gasteiger partial charge in [-0.1, -0.05) is 69.2 Å². The van der Waals surface area contributed by atoms with E-state index in [1.165, 1.54) is 0 Å². The number of aromatic hydroxyl groups is 3. The Morgan fingerprint density at radius 3 is 1.13 bits per heavy atom. The summed E-state index contributed by atoms with van der Waals surface area (Å²) in [6.45, 7) is 21.0. The maximum Gasteiger partial charge on any atom is 0.310 e. The van der Waals surface area contributed by atoms with Crippen LogP contribution in [0.3, 0.4) is 0 Å². The number of rotatable bonds is 16. The lowest BCUT2D eigenvalue weighted by Crippen LogP contribution is -2.43. The maximum atomic E-state index is 14.9. The van der Waals surface area contributed by atoms with Crippen molar-refractivity contribution >= 4 is 15.9 Å². The standard InChI is InChI=1S/C58H78O11S/c1-31(2)17-36-40-22-43(51(65-11)26-48(40)59)37(18-32(3)4)42-24-45(53(67-13)28-50(42)61)39(20-34(7)8)47-25-46(38(19-33(5)6)41-23-44(36)52(66-12)27-49(41)60)54(68-14)29-55(47)69-70(63,64)30-58-16-15-35(21-56(58)62)57(58,9)10/h22-29,31-39,59-61H,15-21,30H2,1-14H3/t35-,36-,37+,38-,39-,58-/m1/s1. The average Bonchev–Trinajstić information content (AvgIpc) is 3.62. The monoisotopic (exact) mass is 983 g/mol. The molecule has 3 aliphatic rings. The minimum Gasteiger partial charge on any atom is -0.508 e. The van der Waals surface area contributed by atoms with Crippen LogP contribution in [0, 0.1) is 40.4 Å². The van der Waals surface area contributed by atoms with Crippen LogP contribution in [0.5, 0.6) is 46.0 Å². The highest BCUT2D eigenvalue weighted by molar-refractivity contribution is 7.87. The number of Topliss-reactive ketones (excluding diaryl/α,β-unsaturated/α-hetero) is 1. The molecular weight excluding hydrogens is 905 g/mol. The largest absolute Gasteiger partial charge is 0.508 e. The zero-order valence-electron chi connectivity index (χ0n) is 44.0. The number of hydrogen-bond acceptors (Lipinski definition) is 11. The third-order valence-corrected chi connectivity index (χ3v) is 17.4. The molecule has 0 amide bonds. The van der Waals surface area contributed by atoms with Gasteiger partial charge in [-0.2, -0.15) is 8.42 Å². The van der Waals surface area contributed by atoms with Crippen molar-refractivity contribution in [3.05, 3.63) is 93.0 Å².